The standard InChI is InChI=1S/C7H11N3O4S/c1-7-8-5-10(6-9-7)14-3-2-4-15(11,12)13/h5-6H,2-4H2,1H3/p+1. The van der Waals surface area contributed by atoms with Crippen molar-refractivity contribution in [1.82, 2.24) is 9.97 Å². The molecule has 7 nitrogen and oxygen atoms in total. The molecule has 0 aliphatic rings. The van der Waals surface area contributed by atoms with Crippen molar-refractivity contribution >= 4 is 10.1 Å². The molecular weight excluding hydrogens is 222 g/mol. The minimum Gasteiger partial charge on any atom is -0.357 e. The van der Waals surface area contributed by atoms with Crippen LogP contribution in [0.3, 0.4) is 0 Å². The van der Waals surface area contributed by atoms with Crippen LogP contribution < -0.4 is 9.57 Å². The van der Waals surface area contributed by atoms with E-state index in [1.807, 2.05) is 0 Å². The van der Waals surface area contributed by atoms with Crippen LogP contribution in [0.1, 0.15) is 12.2 Å². The van der Waals surface area contributed by atoms with E-state index in [-0.39, 0.29) is 18.8 Å². The molecule has 0 unspecified atom stereocenters. The lowest BCUT2D eigenvalue weighted by atomic mass is 10.5. The Morgan fingerprint density at radius 1 is 1.47 bits per heavy atom. The van der Waals surface area contributed by atoms with Crippen molar-refractivity contribution in [2.45, 2.75) is 13.3 Å². The Morgan fingerprint density at radius 3 is 2.60 bits per heavy atom. The topological polar surface area (TPSA) is 93.3 Å². The van der Waals surface area contributed by atoms with Crippen molar-refractivity contribution < 1.29 is 22.5 Å². The largest absolute Gasteiger partial charge is 0.357 e. The molecule has 0 spiro atoms. The summed E-state index contributed by atoms with van der Waals surface area (Å²) in [5.74, 6) is 0.299. The third-order valence-electron chi connectivity index (χ3n) is 1.50. The van der Waals surface area contributed by atoms with Gasteiger partial charge in [0.25, 0.3) is 28.6 Å². The van der Waals surface area contributed by atoms with Gasteiger partial charge in [0.1, 0.15) is 6.61 Å². The third-order valence-corrected chi connectivity index (χ3v) is 2.31. The lowest BCUT2D eigenvalue weighted by Gasteiger charge is -2.00. The molecule has 1 aromatic rings. The van der Waals surface area contributed by atoms with E-state index in [4.69, 9.17) is 9.39 Å². The van der Waals surface area contributed by atoms with Gasteiger partial charge in [0.05, 0.1) is 5.75 Å². The normalized spacial score (nSPS) is 11.3. The Kier molecular flexibility index (Phi) is 3.92. The van der Waals surface area contributed by atoms with Crippen LogP contribution in [-0.4, -0.2) is 35.3 Å². The zero-order valence-corrected chi connectivity index (χ0v) is 9.01. The van der Waals surface area contributed by atoms with Crippen LogP contribution in [0.4, 0.5) is 0 Å². The number of aromatic nitrogens is 3. The lowest BCUT2D eigenvalue weighted by Crippen LogP contribution is -2.44. The lowest BCUT2D eigenvalue weighted by molar-refractivity contribution is -0.895. The number of hydrogen-bond acceptors (Lipinski definition) is 5. The van der Waals surface area contributed by atoms with E-state index < -0.39 is 10.1 Å². The molecule has 0 radical (unpaired) electrons. The van der Waals surface area contributed by atoms with Crippen molar-refractivity contribution in [3.63, 3.8) is 0 Å². The first-order chi connectivity index (χ1) is 6.97. The van der Waals surface area contributed by atoms with E-state index in [0.717, 1.165) is 0 Å². The predicted octanol–water partition coefficient (Wildman–Crippen LogP) is -1.22. The number of rotatable bonds is 5. The van der Waals surface area contributed by atoms with Gasteiger partial charge in [-0.3, -0.25) is 4.55 Å². The van der Waals surface area contributed by atoms with Crippen LogP contribution in [0.2, 0.25) is 0 Å². The van der Waals surface area contributed by atoms with Gasteiger partial charge in [-0.25, -0.2) is 0 Å². The molecule has 84 valence electrons. The maximum absolute atomic E-state index is 10.4. The van der Waals surface area contributed by atoms with E-state index in [1.54, 1.807) is 6.92 Å². The van der Waals surface area contributed by atoms with Gasteiger partial charge in [0.2, 0.25) is 0 Å². The van der Waals surface area contributed by atoms with Gasteiger partial charge in [-0.15, -0.1) is 0 Å². The van der Waals surface area contributed by atoms with E-state index in [9.17, 15) is 8.42 Å². The highest BCUT2D eigenvalue weighted by Gasteiger charge is 2.05. The number of aryl methyl sites for hydroxylation is 1. The predicted molar refractivity (Wildman–Crippen MR) is 49.4 cm³/mol. The average Bonchev–Trinajstić information content (AvgIpc) is 2.14. The van der Waals surface area contributed by atoms with Crippen molar-refractivity contribution in [2.75, 3.05) is 12.4 Å². The Morgan fingerprint density at radius 2 is 2.07 bits per heavy atom. The van der Waals surface area contributed by atoms with Crippen LogP contribution in [0, 0.1) is 6.92 Å². The summed E-state index contributed by atoms with van der Waals surface area (Å²) >= 11 is 0. The first kappa shape index (κ1) is 11.8. The van der Waals surface area contributed by atoms with Gasteiger partial charge in [-0.2, -0.15) is 8.42 Å². The maximum atomic E-state index is 10.4. The zero-order valence-electron chi connectivity index (χ0n) is 8.20. The minimum atomic E-state index is -3.91. The highest BCUT2D eigenvalue weighted by atomic mass is 32.2. The van der Waals surface area contributed by atoms with Gasteiger partial charge < -0.3 is 4.84 Å². The zero-order chi connectivity index (χ0) is 11.3. The van der Waals surface area contributed by atoms with Crippen LogP contribution in [0.15, 0.2) is 12.7 Å². The molecule has 15 heavy (non-hydrogen) atoms. The Bertz CT molecular complexity index is 403. The molecule has 0 aliphatic heterocycles. The number of nitrogens with zero attached hydrogens (tertiary/aromatic N) is 3. The molecule has 0 aliphatic carbocycles. The highest BCUT2D eigenvalue weighted by molar-refractivity contribution is 7.85. The van der Waals surface area contributed by atoms with Crippen LogP contribution in [0.25, 0.3) is 0 Å². The molecular formula is C7H12N3O4S+. The second-order valence-corrected chi connectivity index (χ2v) is 4.44. The van der Waals surface area contributed by atoms with Gasteiger partial charge in [-0.1, -0.05) is 14.7 Å². The summed E-state index contributed by atoms with van der Waals surface area (Å²) in [6.45, 7) is 1.90. The average molecular weight is 234 g/mol. The molecule has 0 aromatic carbocycles. The molecule has 1 N–H and O–H groups in total. The van der Waals surface area contributed by atoms with Gasteiger partial charge in [-0.05, 0) is 0 Å². The first-order valence-electron chi connectivity index (χ1n) is 4.26. The molecule has 8 heteroatoms. The van der Waals surface area contributed by atoms with Crippen LogP contribution in [-0.2, 0) is 10.1 Å². The molecule has 0 bridgehead atoms. The Balaban J connectivity index is 2.29. The molecule has 1 rings (SSSR count). The third kappa shape index (κ3) is 5.23. The fourth-order valence-corrected chi connectivity index (χ4v) is 1.30. The quantitative estimate of drug-likeness (QED) is 0.390. The molecule has 1 heterocycles. The number of hydrogen-bond donors (Lipinski definition) is 1. The summed E-state index contributed by atoms with van der Waals surface area (Å²) in [7, 11) is -3.91. The van der Waals surface area contributed by atoms with Crippen molar-refractivity contribution in [2.24, 2.45) is 0 Å². The van der Waals surface area contributed by atoms with Gasteiger partial charge in [0.15, 0.2) is 0 Å². The second kappa shape index (κ2) is 4.99. The molecule has 0 saturated carbocycles. The SMILES string of the molecule is Cc1nc[n+](OCCCS(=O)(=O)O)cn1. The van der Waals surface area contributed by atoms with Crippen molar-refractivity contribution in [3.05, 3.63) is 18.5 Å². The Hall–Kier alpha value is -1.28. The minimum absolute atomic E-state index is 0.164. The van der Waals surface area contributed by atoms with Gasteiger partial charge in [0, 0.05) is 13.3 Å². The summed E-state index contributed by atoms with van der Waals surface area (Å²) in [5.41, 5.74) is 0. The monoisotopic (exact) mass is 234 g/mol. The van der Waals surface area contributed by atoms with E-state index in [2.05, 4.69) is 9.97 Å². The fourth-order valence-electron chi connectivity index (χ4n) is 0.822. The van der Waals surface area contributed by atoms with Crippen molar-refractivity contribution in [1.29, 1.82) is 0 Å². The van der Waals surface area contributed by atoms with E-state index >= 15 is 0 Å². The Labute approximate surface area is 87.5 Å². The summed E-state index contributed by atoms with van der Waals surface area (Å²) in [5, 5.41) is 0. The summed E-state index contributed by atoms with van der Waals surface area (Å²) in [4.78, 5) is 12.8. The highest BCUT2D eigenvalue weighted by Crippen LogP contribution is 1.86. The first-order valence-corrected chi connectivity index (χ1v) is 5.87. The van der Waals surface area contributed by atoms with E-state index in [0.29, 0.717) is 5.82 Å². The molecule has 0 fully saturated rings. The summed E-state index contributed by atoms with van der Waals surface area (Å²) in [6.07, 6.45) is 3.06. The smallest absolute Gasteiger partial charge is 0.273 e. The van der Waals surface area contributed by atoms with Crippen LogP contribution in [0.5, 0.6) is 0 Å². The second-order valence-electron chi connectivity index (χ2n) is 2.87. The molecule has 0 amide bonds. The molecule has 0 atom stereocenters. The fraction of sp³-hybridized carbons (Fsp3) is 0.571. The van der Waals surface area contributed by atoms with E-state index in [1.165, 1.54) is 17.4 Å². The van der Waals surface area contributed by atoms with Crippen LogP contribution >= 0.6 is 0 Å². The van der Waals surface area contributed by atoms with Gasteiger partial charge >= 0.3 is 0 Å². The summed E-state index contributed by atoms with van der Waals surface area (Å²) in [6, 6.07) is 0. The molecule has 0 saturated heterocycles. The molecule has 1 aromatic heterocycles. The van der Waals surface area contributed by atoms with Crippen molar-refractivity contribution in [3.8, 4) is 0 Å². The maximum Gasteiger partial charge on any atom is 0.273 e. The summed E-state index contributed by atoms with van der Waals surface area (Å²) < 4.78 is 30.4.